The van der Waals surface area contributed by atoms with Gasteiger partial charge in [0.2, 0.25) is 0 Å². The topological polar surface area (TPSA) is 13.1 Å². The van der Waals surface area contributed by atoms with Crippen molar-refractivity contribution in [2.75, 3.05) is 0 Å². The van der Waals surface area contributed by atoms with Gasteiger partial charge < -0.3 is 4.42 Å². The molecule has 1 fully saturated rings. The van der Waals surface area contributed by atoms with E-state index in [1.54, 1.807) is 0 Å². The van der Waals surface area contributed by atoms with Crippen molar-refractivity contribution < 1.29 is 4.42 Å². The highest BCUT2D eigenvalue weighted by molar-refractivity contribution is 9.09. The van der Waals surface area contributed by atoms with Gasteiger partial charge in [0.05, 0.1) is 0 Å². The Morgan fingerprint density at radius 1 is 1.24 bits per heavy atom. The first-order chi connectivity index (χ1) is 9.88. The number of benzene rings is 1. The van der Waals surface area contributed by atoms with E-state index in [0.29, 0.717) is 10.7 Å². The summed E-state index contributed by atoms with van der Waals surface area (Å²) in [5.74, 6) is 2.49. The van der Waals surface area contributed by atoms with Crippen molar-refractivity contribution in [1.29, 1.82) is 0 Å². The van der Waals surface area contributed by atoms with Crippen LogP contribution in [0.5, 0.6) is 0 Å². The molecular weight excluding hydrogens is 348 g/mol. The highest BCUT2D eigenvalue weighted by Crippen LogP contribution is 2.46. The summed E-state index contributed by atoms with van der Waals surface area (Å²) in [4.78, 5) is 0.563. The van der Waals surface area contributed by atoms with E-state index in [0.717, 1.165) is 27.7 Å². The lowest BCUT2D eigenvalue weighted by Gasteiger charge is -2.40. The van der Waals surface area contributed by atoms with Crippen LogP contribution in [0.1, 0.15) is 45.8 Å². The van der Waals surface area contributed by atoms with Gasteiger partial charge in [0.1, 0.15) is 11.3 Å². The van der Waals surface area contributed by atoms with E-state index in [2.05, 4.69) is 42.8 Å². The standard InChI is InChI=1S/C18H22BrClO/c1-11-4-6-14(15(19)8-11)18(2,3)17-10-12-9-13(20)5-7-16(12)21-17/h5,7,9-11,14-15H,4,6,8H2,1-3H3. The van der Waals surface area contributed by atoms with Gasteiger partial charge in [-0.3, -0.25) is 0 Å². The smallest absolute Gasteiger partial charge is 0.134 e. The third kappa shape index (κ3) is 2.90. The molecule has 1 aliphatic rings. The Hall–Kier alpha value is -0.470. The molecule has 2 aromatic rings. The molecule has 1 heterocycles. The number of hydrogen-bond donors (Lipinski definition) is 0. The van der Waals surface area contributed by atoms with Crippen molar-refractivity contribution >= 4 is 38.5 Å². The zero-order valence-corrected chi connectivity index (χ0v) is 15.2. The molecule has 1 aromatic heterocycles. The number of hydrogen-bond acceptors (Lipinski definition) is 1. The Kier molecular flexibility index (Phi) is 4.13. The maximum absolute atomic E-state index is 6.14. The van der Waals surface area contributed by atoms with Crippen molar-refractivity contribution in [1.82, 2.24) is 0 Å². The fourth-order valence-electron chi connectivity index (χ4n) is 3.64. The summed E-state index contributed by atoms with van der Waals surface area (Å²) >= 11 is 10.0. The molecule has 21 heavy (non-hydrogen) atoms. The monoisotopic (exact) mass is 368 g/mol. The van der Waals surface area contributed by atoms with Crippen LogP contribution in [0.4, 0.5) is 0 Å². The molecular formula is C18H22BrClO. The van der Waals surface area contributed by atoms with Crippen molar-refractivity contribution in [2.24, 2.45) is 11.8 Å². The Morgan fingerprint density at radius 2 is 2.00 bits per heavy atom. The molecule has 0 bridgehead atoms. The minimum atomic E-state index is 0.0276. The third-order valence-corrected chi connectivity index (χ3v) is 6.32. The van der Waals surface area contributed by atoms with E-state index < -0.39 is 0 Å². The quantitative estimate of drug-likeness (QED) is 0.546. The molecule has 0 N–H and O–H groups in total. The fraction of sp³-hybridized carbons (Fsp3) is 0.556. The molecule has 3 rings (SSSR count). The van der Waals surface area contributed by atoms with Gasteiger partial charge >= 0.3 is 0 Å². The van der Waals surface area contributed by atoms with Crippen LogP contribution in [0.3, 0.4) is 0 Å². The maximum atomic E-state index is 6.14. The average molecular weight is 370 g/mol. The Morgan fingerprint density at radius 3 is 2.71 bits per heavy atom. The van der Waals surface area contributed by atoms with Crippen molar-refractivity contribution in [3.8, 4) is 0 Å². The number of halogens is 2. The van der Waals surface area contributed by atoms with E-state index in [9.17, 15) is 0 Å². The van der Waals surface area contributed by atoms with Gasteiger partial charge in [0.25, 0.3) is 0 Å². The van der Waals surface area contributed by atoms with Gasteiger partial charge in [-0.1, -0.05) is 54.7 Å². The van der Waals surface area contributed by atoms with Crippen LogP contribution < -0.4 is 0 Å². The summed E-state index contributed by atoms with van der Waals surface area (Å²) in [7, 11) is 0. The largest absolute Gasteiger partial charge is 0.460 e. The number of rotatable bonds is 2. The predicted octanol–water partition coefficient (Wildman–Crippen LogP) is 6.56. The van der Waals surface area contributed by atoms with Crippen molar-refractivity contribution in [3.63, 3.8) is 0 Å². The van der Waals surface area contributed by atoms with E-state index >= 15 is 0 Å². The molecule has 114 valence electrons. The van der Waals surface area contributed by atoms with E-state index in [1.807, 2.05) is 18.2 Å². The van der Waals surface area contributed by atoms with Crippen molar-refractivity contribution in [2.45, 2.75) is 50.3 Å². The molecule has 1 aromatic carbocycles. The molecule has 3 unspecified atom stereocenters. The van der Waals surface area contributed by atoms with Crippen LogP contribution in [-0.2, 0) is 5.41 Å². The number of furan rings is 1. The Bertz CT molecular complexity index is 646. The SMILES string of the molecule is CC1CCC(C(C)(C)c2cc3cc(Cl)ccc3o2)C(Br)C1. The van der Waals surface area contributed by atoms with Crippen LogP contribution in [0, 0.1) is 11.8 Å². The maximum Gasteiger partial charge on any atom is 0.134 e. The van der Waals surface area contributed by atoms with Crippen LogP contribution in [0.2, 0.25) is 5.02 Å². The number of alkyl halides is 1. The van der Waals surface area contributed by atoms with Gasteiger partial charge in [-0.15, -0.1) is 0 Å². The molecule has 0 saturated heterocycles. The molecule has 1 aliphatic carbocycles. The van der Waals surface area contributed by atoms with Crippen molar-refractivity contribution in [3.05, 3.63) is 35.0 Å². The highest BCUT2D eigenvalue weighted by atomic mass is 79.9. The lowest BCUT2D eigenvalue weighted by atomic mass is 9.68. The van der Waals surface area contributed by atoms with E-state index in [-0.39, 0.29) is 5.41 Å². The first-order valence-electron chi connectivity index (χ1n) is 7.71. The average Bonchev–Trinajstić information content (AvgIpc) is 2.81. The van der Waals surface area contributed by atoms with E-state index in [1.165, 1.54) is 19.3 Å². The first-order valence-corrected chi connectivity index (χ1v) is 9.01. The zero-order valence-electron chi connectivity index (χ0n) is 12.8. The Labute approximate surface area is 140 Å². The predicted molar refractivity (Wildman–Crippen MR) is 93.5 cm³/mol. The van der Waals surface area contributed by atoms with Crippen LogP contribution in [0.15, 0.2) is 28.7 Å². The van der Waals surface area contributed by atoms with Gasteiger partial charge in [-0.2, -0.15) is 0 Å². The normalized spacial score (nSPS) is 27.2. The molecule has 0 aliphatic heterocycles. The van der Waals surface area contributed by atoms with E-state index in [4.69, 9.17) is 16.0 Å². The summed E-state index contributed by atoms with van der Waals surface area (Å²) in [5.41, 5.74) is 0.956. The molecule has 0 radical (unpaired) electrons. The van der Waals surface area contributed by atoms with Crippen LogP contribution in [0.25, 0.3) is 11.0 Å². The molecule has 3 atom stereocenters. The zero-order chi connectivity index (χ0) is 15.2. The fourth-order valence-corrected chi connectivity index (χ4v) is 5.38. The summed E-state index contributed by atoms with van der Waals surface area (Å²) in [6.45, 7) is 6.96. The Balaban J connectivity index is 1.95. The second-order valence-corrected chi connectivity index (χ2v) is 8.67. The number of fused-ring (bicyclic) bond motifs is 1. The minimum absolute atomic E-state index is 0.0276. The highest BCUT2D eigenvalue weighted by Gasteiger charge is 2.40. The van der Waals surface area contributed by atoms with Gasteiger partial charge in [0, 0.05) is 20.7 Å². The lowest BCUT2D eigenvalue weighted by molar-refractivity contribution is 0.192. The molecule has 0 amide bonds. The second-order valence-electron chi connectivity index (χ2n) is 7.06. The molecule has 0 spiro atoms. The van der Waals surface area contributed by atoms with Crippen LogP contribution in [-0.4, -0.2) is 4.83 Å². The summed E-state index contributed by atoms with van der Waals surface area (Å²) in [6.07, 6.45) is 3.81. The lowest BCUT2D eigenvalue weighted by Crippen LogP contribution is -2.38. The summed E-state index contributed by atoms with van der Waals surface area (Å²) in [5, 5.41) is 1.86. The second kappa shape index (κ2) is 5.62. The third-order valence-electron chi connectivity index (χ3n) is 5.07. The van der Waals surface area contributed by atoms with Gasteiger partial charge in [0.15, 0.2) is 0 Å². The molecule has 3 heteroatoms. The summed E-state index contributed by atoms with van der Waals surface area (Å²) in [6, 6.07) is 8.00. The first kappa shape index (κ1) is 15.4. The molecule has 1 saturated carbocycles. The van der Waals surface area contributed by atoms with Gasteiger partial charge in [-0.25, -0.2) is 0 Å². The van der Waals surface area contributed by atoms with Gasteiger partial charge in [-0.05, 0) is 48.9 Å². The molecule has 1 nitrogen and oxygen atoms in total. The minimum Gasteiger partial charge on any atom is -0.460 e. The van der Waals surface area contributed by atoms with Crippen LogP contribution >= 0.6 is 27.5 Å². The summed E-state index contributed by atoms with van der Waals surface area (Å²) < 4.78 is 6.14.